The number of halogens is 1. The van der Waals surface area contributed by atoms with Crippen molar-refractivity contribution in [2.75, 3.05) is 13.1 Å². The molecule has 1 fully saturated rings. The molecule has 0 unspecified atom stereocenters. The summed E-state index contributed by atoms with van der Waals surface area (Å²) in [5, 5.41) is 19.8. The lowest BCUT2D eigenvalue weighted by atomic mass is 9.78. The van der Waals surface area contributed by atoms with Crippen LogP contribution in [0.2, 0.25) is 0 Å². The summed E-state index contributed by atoms with van der Waals surface area (Å²) in [5.74, 6) is -1.02. The van der Waals surface area contributed by atoms with Crippen LogP contribution >= 0.6 is 15.9 Å². The molecular formula is C17H24BrNO3. The standard InChI is InChI=1S/C17H24BrNO3/c1-2-19(11-13-4-3-5-15(18)10-13)12-17(22)8-6-14(7-9-17)16(20)21/h3-5,10,14,22H,2,6-9,11-12H2,1H3,(H,20,21). The summed E-state index contributed by atoms with van der Waals surface area (Å²) in [4.78, 5) is 13.2. The summed E-state index contributed by atoms with van der Waals surface area (Å²) >= 11 is 3.48. The molecule has 22 heavy (non-hydrogen) atoms. The van der Waals surface area contributed by atoms with E-state index in [0.717, 1.165) is 17.6 Å². The van der Waals surface area contributed by atoms with Crippen molar-refractivity contribution in [2.24, 2.45) is 5.92 Å². The Hall–Kier alpha value is -0.910. The van der Waals surface area contributed by atoms with Gasteiger partial charge in [0.2, 0.25) is 0 Å². The lowest BCUT2D eigenvalue weighted by Crippen LogP contribution is -2.46. The third-order valence-corrected chi connectivity index (χ3v) is 5.02. The van der Waals surface area contributed by atoms with Crippen molar-refractivity contribution in [2.45, 2.75) is 44.8 Å². The van der Waals surface area contributed by atoms with Crippen molar-refractivity contribution in [3.63, 3.8) is 0 Å². The summed E-state index contributed by atoms with van der Waals surface area (Å²) < 4.78 is 1.06. The molecule has 1 aliphatic rings. The molecule has 4 nitrogen and oxygen atoms in total. The highest BCUT2D eigenvalue weighted by Gasteiger charge is 2.36. The van der Waals surface area contributed by atoms with Crippen LogP contribution in [0.15, 0.2) is 28.7 Å². The first kappa shape index (κ1) is 17.4. The molecule has 0 heterocycles. The molecule has 0 saturated heterocycles. The zero-order valence-electron chi connectivity index (χ0n) is 13.0. The average molecular weight is 370 g/mol. The first-order valence-electron chi connectivity index (χ1n) is 7.84. The fourth-order valence-corrected chi connectivity index (χ4v) is 3.60. The highest BCUT2D eigenvalue weighted by Crippen LogP contribution is 2.33. The Kier molecular flexibility index (Phi) is 6.01. The lowest BCUT2D eigenvalue weighted by molar-refractivity contribution is -0.145. The topological polar surface area (TPSA) is 60.8 Å². The van der Waals surface area contributed by atoms with E-state index in [9.17, 15) is 9.90 Å². The van der Waals surface area contributed by atoms with Gasteiger partial charge in [-0.3, -0.25) is 9.69 Å². The number of hydrogen-bond acceptors (Lipinski definition) is 3. The Balaban J connectivity index is 1.94. The highest BCUT2D eigenvalue weighted by atomic mass is 79.9. The third kappa shape index (κ3) is 4.80. The molecule has 0 aliphatic heterocycles. The summed E-state index contributed by atoms with van der Waals surface area (Å²) in [6.45, 7) is 4.34. The van der Waals surface area contributed by atoms with Gasteiger partial charge in [0.15, 0.2) is 0 Å². The Bertz CT molecular complexity index is 512. The van der Waals surface area contributed by atoms with Crippen LogP contribution in [0.4, 0.5) is 0 Å². The first-order valence-corrected chi connectivity index (χ1v) is 8.63. The fraction of sp³-hybridized carbons (Fsp3) is 0.588. The number of carboxylic acid groups (broad SMARTS) is 1. The summed E-state index contributed by atoms with van der Waals surface area (Å²) in [6, 6.07) is 8.19. The van der Waals surface area contributed by atoms with Crippen LogP contribution in [-0.2, 0) is 11.3 Å². The molecule has 0 aromatic heterocycles. The molecule has 0 amide bonds. The number of likely N-dealkylation sites (N-methyl/N-ethyl adjacent to an activating group) is 1. The molecule has 122 valence electrons. The molecular weight excluding hydrogens is 346 g/mol. The van der Waals surface area contributed by atoms with Gasteiger partial charge in [-0.15, -0.1) is 0 Å². The maximum atomic E-state index is 11.0. The van der Waals surface area contributed by atoms with Crippen LogP contribution in [0.1, 0.15) is 38.2 Å². The molecule has 5 heteroatoms. The van der Waals surface area contributed by atoms with E-state index in [1.54, 1.807) is 0 Å². The first-order chi connectivity index (χ1) is 10.4. The van der Waals surface area contributed by atoms with Crippen LogP contribution in [0, 0.1) is 5.92 Å². The predicted molar refractivity (Wildman–Crippen MR) is 89.6 cm³/mol. The van der Waals surface area contributed by atoms with E-state index in [1.807, 2.05) is 12.1 Å². The molecule has 0 bridgehead atoms. The lowest BCUT2D eigenvalue weighted by Gasteiger charge is -2.38. The second-order valence-electron chi connectivity index (χ2n) is 6.27. The average Bonchev–Trinajstić information content (AvgIpc) is 2.47. The molecule has 2 N–H and O–H groups in total. The minimum absolute atomic E-state index is 0.291. The van der Waals surface area contributed by atoms with Crippen LogP contribution < -0.4 is 0 Å². The van der Waals surface area contributed by atoms with Crippen molar-refractivity contribution in [1.29, 1.82) is 0 Å². The number of hydrogen-bond donors (Lipinski definition) is 2. The monoisotopic (exact) mass is 369 g/mol. The number of benzene rings is 1. The van der Waals surface area contributed by atoms with Crippen LogP contribution in [0.25, 0.3) is 0 Å². The van der Waals surface area contributed by atoms with Gasteiger partial charge in [0.05, 0.1) is 11.5 Å². The predicted octanol–water partition coefficient (Wildman–Crippen LogP) is 3.28. The van der Waals surface area contributed by atoms with E-state index in [4.69, 9.17) is 5.11 Å². The van der Waals surface area contributed by atoms with E-state index < -0.39 is 11.6 Å². The largest absolute Gasteiger partial charge is 0.481 e. The molecule has 1 aliphatic carbocycles. The van der Waals surface area contributed by atoms with E-state index in [0.29, 0.717) is 32.2 Å². The van der Waals surface area contributed by atoms with Gasteiger partial charge in [0.1, 0.15) is 0 Å². The number of aliphatic hydroxyl groups is 1. The van der Waals surface area contributed by atoms with E-state index >= 15 is 0 Å². The maximum Gasteiger partial charge on any atom is 0.306 e. The number of aliphatic carboxylic acids is 1. The SMILES string of the molecule is CCN(Cc1cccc(Br)c1)CC1(O)CCC(C(=O)O)CC1. The van der Waals surface area contributed by atoms with Crippen molar-refractivity contribution in [3.05, 3.63) is 34.3 Å². The molecule has 0 spiro atoms. The molecule has 2 rings (SSSR count). The Morgan fingerprint density at radius 1 is 1.41 bits per heavy atom. The quantitative estimate of drug-likeness (QED) is 0.807. The van der Waals surface area contributed by atoms with Crippen molar-refractivity contribution >= 4 is 21.9 Å². The van der Waals surface area contributed by atoms with Crippen molar-refractivity contribution < 1.29 is 15.0 Å². The number of rotatable bonds is 6. The molecule has 1 aromatic carbocycles. The molecule has 1 saturated carbocycles. The third-order valence-electron chi connectivity index (χ3n) is 4.53. The molecule has 0 atom stereocenters. The Labute approximate surface area is 140 Å². The van der Waals surface area contributed by atoms with Crippen molar-refractivity contribution in [1.82, 2.24) is 4.90 Å². The van der Waals surface area contributed by atoms with Gasteiger partial charge in [0.25, 0.3) is 0 Å². The van der Waals surface area contributed by atoms with Gasteiger partial charge in [-0.1, -0.05) is 35.0 Å². The zero-order chi connectivity index (χ0) is 16.2. The van der Waals surface area contributed by atoms with Gasteiger partial charge >= 0.3 is 5.97 Å². The van der Waals surface area contributed by atoms with Gasteiger partial charge in [0, 0.05) is 17.6 Å². The Morgan fingerprint density at radius 3 is 2.64 bits per heavy atom. The summed E-state index contributed by atoms with van der Waals surface area (Å²) in [7, 11) is 0. The Morgan fingerprint density at radius 2 is 2.09 bits per heavy atom. The normalized spacial score (nSPS) is 25.4. The van der Waals surface area contributed by atoms with Gasteiger partial charge < -0.3 is 10.2 Å². The number of carbonyl (C=O) groups is 1. The smallest absolute Gasteiger partial charge is 0.306 e. The van der Waals surface area contributed by atoms with E-state index in [-0.39, 0.29) is 5.92 Å². The minimum Gasteiger partial charge on any atom is -0.481 e. The van der Waals surface area contributed by atoms with E-state index in [2.05, 4.69) is 39.9 Å². The van der Waals surface area contributed by atoms with Crippen LogP contribution in [-0.4, -0.2) is 39.8 Å². The van der Waals surface area contributed by atoms with Gasteiger partial charge in [-0.25, -0.2) is 0 Å². The van der Waals surface area contributed by atoms with Gasteiger partial charge in [-0.2, -0.15) is 0 Å². The second-order valence-corrected chi connectivity index (χ2v) is 7.19. The molecule has 1 aromatic rings. The minimum atomic E-state index is -0.756. The summed E-state index contributed by atoms with van der Waals surface area (Å²) in [6.07, 6.45) is 2.28. The van der Waals surface area contributed by atoms with E-state index in [1.165, 1.54) is 5.56 Å². The van der Waals surface area contributed by atoms with Gasteiger partial charge in [-0.05, 0) is 49.9 Å². The number of carboxylic acids is 1. The maximum absolute atomic E-state index is 11.0. The number of nitrogens with zero attached hydrogens (tertiary/aromatic N) is 1. The highest BCUT2D eigenvalue weighted by molar-refractivity contribution is 9.10. The van der Waals surface area contributed by atoms with Crippen molar-refractivity contribution in [3.8, 4) is 0 Å². The summed E-state index contributed by atoms with van der Waals surface area (Å²) in [5.41, 5.74) is 0.451. The fourth-order valence-electron chi connectivity index (χ4n) is 3.15. The van der Waals surface area contributed by atoms with Crippen LogP contribution in [0.5, 0.6) is 0 Å². The zero-order valence-corrected chi connectivity index (χ0v) is 14.6. The van der Waals surface area contributed by atoms with Crippen LogP contribution in [0.3, 0.4) is 0 Å². The second kappa shape index (κ2) is 7.57. The molecule has 0 radical (unpaired) electrons.